The van der Waals surface area contributed by atoms with Gasteiger partial charge in [-0.15, -0.1) is 0 Å². The molecule has 2 amide bonds. The molecule has 0 aliphatic carbocycles. The van der Waals surface area contributed by atoms with Gasteiger partial charge in [0.15, 0.2) is 5.69 Å². The number of hydrogen-bond acceptors (Lipinski definition) is 4. The van der Waals surface area contributed by atoms with Crippen LogP contribution in [0.15, 0.2) is 0 Å². The van der Waals surface area contributed by atoms with E-state index in [0.717, 1.165) is 0 Å². The van der Waals surface area contributed by atoms with Gasteiger partial charge in [0.25, 0.3) is 5.91 Å². The van der Waals surface area contributed by atoms with Crippen molar-refractivity contribution in [1.29, 1.82) is 0 Å². The molecule has 0 bridgehead atoms. The summed E-state index contributed by atoms with van der Waals surface area (Å²) in [5.74, 6) is -0.293. The van der Waals surface area contributed by atoms with E-state index in [0.29, 0.717) is 30.8 Å². The number of nitrogens with one attached hydrogen (secondary N) is 3. The van der Waals surface area contributed by atoms with Crippen LogP contribution in [0.4, 0.5) is 5.69 Å². The van der Waals surface area contributed by atoms with Gasteiger partial charge in [0.2, 0.25) is 5.91 Å². The van der Waals surface area contributed by atoms with Crippen LogP contribution in [0, 0.1) is 6.92 Å². The Kier molecular flexibility index (Phi) is 2.99. The zero-order chi connectivity index (χ0) is 12.4. The van der Waals surface area contributed by atoms with E-state index in [1.807, 2.05) is 0 Å². The second-order valence-corrected chi connectivity index (χ2v) is 4.12. The van der Waals surface area contributed by atoms with Crippen molar-refractivity contribution in [1.82, 2.24) is 20.8 Å². The lowest BCUT2D eigenvalue weighted by molar-refractivity contribution is -0.122. The van der Waals surface area contributed by atoms with Crippen molar-refractivity contribution < 1.29 is 9.59 Å². The molecule has 1 fully saturated rings. The number of nitrogens with two attached hydrogens (primary N) is 1. The smallest absolute Gasteiger partial charge is 0.274 e. The normalized spacial score (nSPS) is 19.8. The van der Waals surface area contributed by atoms with E-state index in [4.69, 9.17) is 5.73 Å². The maximum absolute atomic E-state index is 11.8. The van der Waals surface area contributed by atoms with E-state index in [9.17, 15) is 9.59 Å². The average molecular weight is 237 g/mol. The molecule has 0 radical (unpaired) electrons. The quantitative estimate of drug-likeness (QED) is 0.545. The van der Waals surface area contributed by atoms with Gasteiger partial charge in [0, 0.05) is 19.0 Å². The van der Waals surface area contributed by atoms with Crippen LogP contribution >= 0.6 is 0 Å². The van der Waals surface area contributed by atoms with E-state index >= 15 is 0 Å². The van der Waals surface area contributed by atoms with Crippen LogP contribution < -0.4 is 16.4 Å². The minimum atomic E-state index is -0.312. The molecule has 0 aromatic carbocycles. The van der Waals surface area contributed by atoms with E-state index in [1.165, 1.54) is 0 Å². The molecule has 7 nitrogen and oxygen atoms in total. The van der Waals surface area contributed by atoms with Crippen molar-refractivity contribution in [2.45, 2.75) is 25.8 Å². The van der Waals surface area contributed by atoms with Crippen molar-refractivity contribution in [3.8, 4) is 0 Å². The molecule has 2 rings (SSSR count). The largest absolute Gasteiger partial charge is 0.395 e. The standard InChI is InChI=1S/C10H15N5O2/c1-5-8(11)9(15-14-5)10(17)13-6-2-3-7(16)12-4-6/h6H,2-4,11H2,1H3,(H,12,16)(H,13,17)(H,14,15). The molecule has 1 saturated heterocycles. The number of nitrogens with zero attached hydrogens (tertiary/aromatic N) is 1. The Balaban J connectivity index is 1.98. The zero-order valence-corrected chi connectivity index (χ0v) is 9.54. The Labute approximate surface area is 98.1 Å². The van der Waals surface area contributed by atoms with E-state index in [-0.39, 0.29) is 23.6 Å². The van der Waals surface area contributed by atoms with Gasteiger partial charge in [-0.25, -0.2) is 0 Å². The molecule has 1 unspecified atom stereocenters. The summed E-state index contributed by atoms with van der Waals surface area (Å²) in [6.45, 7) is 2.20. The summed E-state index contributed by atoms with van der Waals surface area (Å²) in [4.78, 5) is 22.8. The van der Waals surface area contributed by atoms with Crippen LogP contribution in [-0.2, 0) is 4.79 Å². The first kappa shape index (κ1) is 11.4. The zero-order valence-electron chi connectivity index (χ0n) is 9.54. The summed E-state index contributed by atoms with van der Waals surface area (Å²) < 4.78 is 0. The minimum absolute atomic E-state index is 0.0191. The van der Waals surface area contributed by atoms with Crippen molar-refractivity contribution in [3.05, 3.63) is 11.4 Å². The molecule has 7 heteroatoms. The lowest BCUT2D eigenvalue weighted by Gasteiger charge is -2.23. The predicted molar refractivity (Wildman–Crippen MR) is 61.2 cm³/mol. The Morgan fingerprint density at radius 2 is 2.35 bits per heavy atom. The maximum atomic E-state index is 11.8. The average Bonchev–Trinajstić information content (AvgIpc) is 2.63. The first-order valence-electron chi connectivity index (χ1n) is 5.46. The lowest BCUT2D eigenvalue weighted by atomic mass is 10.1. The van der Waals surface area contributed by atoms with Crippen LogP contribution in [0.5, 0.6) is 0 Å². The lowest BCUT2D eigenvalue weighted by Crippen LogP contribution is -2.47. The first-order chi connectivity index (χ1) is 8.08. The number of nitrogen functional groups attached to an aromatic ring is 1. The fourth-order valence-corrected chi connectivity index (χ4v) is 1.72. The summed E-state index contributed by atoms with van der Waals surface area (Å²) >= 11 is 0. The topological polar surface area (TPSA) is 113 Å². The number of aryl methyl sites for hydroxylation is 1. The van der Waals surface area contributed by atoms with Gasteiger partial charge in [-0.3, -0.25) is 14.7 Å². The van der Waals surface area contributed by atoms with Gasteiger partial charge in [0.05, 0.1) is 11.4 Å². The molecule has 2 heterocycles. The Morgan fingerprint density at radius 3 is 2.88 bits per heavy atom. The molecule has 17 heavy (non-hydrogen) atoms. The molecular formula is C10H15N5O2. The number of anilines is 1. The summed E-state index contributed by atoms with van der Waals surface area (Å²) in [7, 11) is 0. The number of aromatic amines is 1. The third-order valence-electron chi connectivity index (χ3n) is 2.81. The monoisotopic (exact) mass is 237 g/mol. The van der Waals surface area contributed by atoms with Crippen LogP contribution in [-0.4, -0.2) is 34.6 Å². The molecule has 92 valence electrons. The molecule has 0 spiro atoms. The highest BCUT2D eigenvalue weighted by atomic mass is 16.2. The third kappa shape index (κ3) is 2.38. The molecule has 1 aliphatic rings. The van der Waals surface area contributed by atoms with Gasteiger partial charge in [-0.2, -0.15) is 5.10 Å². The molecule has 0 saturated carbocycles. The van der Waals surface area contributed by atoms with Gasteiger partial charge < -0.3 is 16.4 Å². The summed E-state index contributed by atoms with van der Waals surface area (Å²) in [6, 6.07) is -0.0587. The number of piperidine rings is 1. The van der Waals surface area contributed by atoms with Gasteiger partial charge in [0.1, 0.15) is 0 Å². The van der Waals surface area contributed by atoms with E-state index in [1.54, 1.807) is 6.92 Å². The van der Waals surface area contributed by atoms with Gasteiger partial charge in [-0.05, 0) is 13.3 Å². The van der Waals surface area contributed by atoms with Crippen molar-refractivity contribution in [2.24, 2.45) is 0 Å². The van der Waals surface area contributed by atoms with Crippen molar-refractivity contribution in [3.63, 3.8) is 0 Å². The molecule has 1 aliphatic heterocycles. The molecule has 1 aromatic heterocycles. The summed E-state index contributed by atoms with van der Waals surface area (Å²) in [6.07, 6.45) is 1.07. The number of amides is 2. The second kappa shape index (κ2) is 4.44. The number of rotatable bonds is 2. The minimum Gasteiger partial charge on any atom is -0.395 e. The third-order valence-corrected chi connectivity index (χ3v) is 2.81. The van der Waals surface area contributed by atoms with E-state index < -0.39 is 0 Å². The predicted octanol–water partition coefficient (Wildman–Crippen LogP) is -0.691. The maximum Gasteiger partial charge on any atom is 0.274 e. The highest BCUT2D eigenvalue weighted by molar-refractivity contribution is 5.97. The number of carbonyl (C=O) groups excluding carboxylic acids is 2. The van der Waals surface area contributed by atoms with Crippen LogP contribution in [0.2, 0.25) is 0 Å². The molecule has 1 aromatic rings. The highest BCUT2D eigenvalue weighted by Crippen LogP contribution is 2.13. The number of aromatic nitrogens is 2. The van der Waals surface area contributed by atoms with E-state index in [2.05, 4.69) is 20.8 Å². The number of H-pyrrole nitrogens is 1. The van der Waals surface area contributed by atoms with Crippen LogP contribution in [0.25, 0.3) is 0 Å². The van der Waals surface area contributed by atoms with Crippen molar-refractivity contribution in [2.75, 3.05) is 12.3 Å². The summed E-state index contributed by atoms with van der Waals surface area (Å²) in [5, 5.41) is 12.0. The first-order valence-corrected chi connectivity index (χ1v) is 5.46. The number of hydrogen-bond donors (Lipinski definition) is 4. The fraction of sp³-hybridized carbons (Fsp3) is 0.500. The molecule has 1 atom stereocenters. The summed E-state index contributed by atoms with van der Waals surface area (Å²) in [5.41, 5.74) is 6.95. The van der Waals surface area contributed by atoms with Gasteiger partial charge in [-0.1, -0.05) is 0 Å². The SMILES string of the molecule is Cc1[nH]nc(C(=O)NC2CCC(=O)NC2)c1N. The molecule has 5 N–H and O–H groups in total. The second-order valence-electron chi connectivity index (χ2n) is 4.12. The van der Waals surface area contributed by atoms with Crippen LogP contribution in [0.3, 0.4) is 0 Å². The Bertz CT molecular complexity index is 444. The fourth-order valence-electron chi connectivity index (χ4n) is 1.72. The Morgan fingerprint density at radius 1 is 1.59 bits per heavy atom. The van der Waals surface area contributed by atoms with Crippen molar-refractivity contribution >= 4 is 17.5 Å². The highest BCUT2D eigenvalue weighted by Gasteiger charge is 2.22. The van der Waals surface area contributed by atoms with Crippen LogP contribution in [0.1, 0.15) is 29.0 Å². The Hall–Kier alpha value is -2.05. The molecular weight excluding hydrogens is 222 g/mol. The number of carbonyl (C=O) groups is 2. The van der Waals surface area contributed by atoms with Gasteiger partial charge >= 0.3 is 0 Å².